The van der Waals surface area contributed by atoms with Gasteiger partial charge in [0.15, 0.2) is 5.69 Å². The molecule has 0 aliphatic rings. The minimum atomic E-state index is -1.02. The Morgan fingerprint density at radius 3 is 2.69 bits per heavy atom. The van der Waals surface area contributed by atoms with Gasteiger partial charge in [-0.1, -0.05) is 0 Å². The summed E-state index contributed by atoms with van der Waals surface area (Å²) in [6.07, 6.45) is 0. The van der Waals surface area contributed by atoms with E-state index in [1.165, 1.54) is 16.8 Å². The van der Waals surface area contributed by atoms with Crippen LogP contribution in [0.2, 0.25) is 0 Å². The lowest BCUT2D eigenvalue weighted by Gasteiger charge is -2.03. The Morgan fingerprint density at radius 1 is 1.38 bits per heavy atom. The number of aromatic nitrogens is 1. The van der Waals surface area contributed by atoms with Gasteiger partial charge in [-0.25, -0.2) is 9.78 Å². The summed E-state index contributed by atoms with van der Waals surface area (Å²) in [5.74, 6) is -1.02. The number of rotatable bonds is 3. The van der Waals surface area contributed by atoms with Crippen molar-refractivity contribution in [2.45, 2.75) is 0 Å². The first-order valence-corrected chi connectivity index (χ1v) is 6.32. The van der Waals surface area contributed by atoms with E-state index in [2.05, 4.69) is 32.9 Å². The number of nitrogens with zero attached hydrogens (tertiary/aromatic N) is 1. The first kappa shape index (κ1) is 11.3. The van der Waals surface area contributed by atoms with E-state index in [4.69, 9.17) is 5.11 Å². The molecule has 82 valence electrons. The fraction of sp³-hybridized carbons (Fsp3) is 0. The number of hydrogen-bond donors (Lipinski definition) is 2. The molecule has 0 atom stereocenters. The molecule has 0 unspecified atom stereocenters. The van der Waals surface area contributed by atoms with E-state index >= 15 is 0 Å². The van der Waals surface area contributed by atoms with E-state index < -0.39 is 5.97 Å². The zero-order valence-corrected chi connectivity index (χ0v) is 10.9. The lowest BCUT2D eigenvalue weighted by atomic mass is 10.3. The molecule has 0 amide bonds. The highest BCUT2D eigenvalue weighted by molar-refractivity contribution is 14.1. The lowest BCUT2D eigenvalue weighted by Crippen LogP contribution is -2.00. The van der Waals surface area contributed by atoms with Crippen molar-refractivity contribution in [2.75, 3.05) is 5.32 Å². The fourth-order valence-corrected chi connectivity index (χ4v) is 2.20. The zero-order chi connectivity index (χ0) is 11.5. The average molecular weight is 346 g/mol. The van der Waals surface area contributed by atoms with Crippen LogP contribution in [0.1, 0.15) is 10.5 Å². The summed E-state index contributed by atoms with van der Waals surface area (Å²) in [4.78, 5) is 14.6. The van der Waals surface area contributed by atoms with Crippen LogP contribution in [0.15, 0.2) is 29.8 Å². The first-order valence-electron chi connectivity index (χ1n) is 4.36. The second-order valence-electron chi connectivity index (χ2n) is 2.97. The molecule has 0 saturated heterocycles. The molecule has 1 heterocycles. The van der Waals surface area contributed by atoms with E-state index in [-0.39, 0.29) is 5.69 Å². The van der Waals surface area contributed by atoms with Crippen molar-refractivity contribution in [3.05, 3.63) is 39.0 Å². The second kappa shape index (κ2) is 4.79. The number of aromatic carboxylic acids is 1. The van der Waals surface area contributed by atoms with Gasteiger partial charge in [0.05, 0.1) is 5.51 Å². The Balaban J connectivity index is 2.23. The van der Waals surface area contributed by atoms with E-state index in [0.29, 0.717) is 5.00 Å². The first-order chi connectivity index (χ1) is 7.66. The molecule has 0 saturated carbocycles. The van der Waals surface area contributed by atoms with Gasteiger partial charge in [-0.15, -0.1) is 11.3 Å². The molecule has 2 N–H and O–H groups in total. The molecule has 0 fully saturated rings. The van der Waals surface area contributed by atoms with Crippen LogP contribution in [0, 0.1) is 3.57 Å². The van der Waals surface area contributed by atoms with Crippen molar-refractivity contribution in [1.82, 2.24) is 4.98 Å². The zero-order valence-electron chi connectivity index (χ0n) is 7.98. The molecule has 1 aromatic heterocycles. The topological polar surface area (TPSA) is 62.2 Å². The second-order valence-corrected chi connectivity index (χ2v) is 5.07. The van der Waals surface area contributed by atoms with Crippen LogP contribution in [0.5, 0.6) is 0 Å². The van der Waals surface area contributed by atoms with E-state index in [9.17, 15) is 4.79 Å². The van der Waals surface area contributed by atoms with Crippen LogP contribution in [0.25, 0.3) is 0 Å². The van der Waals surface area contributed by atoms with Crippen LogP contribution < -0.4 is 5.32 Å². The van der Waals surface area contributed by atoms with E-state index in [1.807, 2.05) is 24.3 Å². The number of carbonyl (C=O) groups is 1. The summed E-state index contributed by atoms with van der Waals surface area (Å²) >= 11 is 3.48. The number of thiazole rings is 1. The molecular formula is C10H7IN2O2S. The summed E-state index contributed by atoms with van der Waals surface area (Å²) in [6.45, 7) is 0. The number of carboxylic acid groups (broad SMARTS) is 1. The Labute approximate surface area is 109 Å². The Hall–Kier alpha value is -1.15. The van der Waals surface area contributed by atoms with Gasteiger partial charge < -0.3 is 10.4 Å². The fourth-order valence-electron chi connectivity index (χ4n) is 1.15. The van der Waals surface area contributed by atoms with Gasteiger partial charge in [0.2, 0.25) is 0 Å². The highest BCUT2D eigenvalue weighted by atomic mass is 127. The number of carboxylic acids is 1. The van der Waals surface area contributed by atoms with Gasteiger partial charge in [-0.05, 0) is 46.9 Å². The molecule has 0 spiro atoms. The van der Waals surface area contributed by atoms with Crippen LogP contribution in [-0.2, 0) is 0 Å². The number of hydrogen-bond acceptors (Lipinski definition) is 4. The maximum absolute atomic E-state index is 10.8. The molecule has 16 heavy (non-hydrogen) atoms. The number of benzene rings is 1. The Bertz CT molecular complexity index is 510. The van der Waals surface area contributed by atoms with E-state index in [1.54, 1.807) is 0 Å². The van der Waals surface area contributed by atoms with Gasteiger partial charge in [0.25, 0.3) is 0 Å². The summed E-state index contributed by atoms with van der Waals surface area (Å²) in [5, 5.41) is 12.5. The van der Waals surface area contributed by atoms with Crippen LogP contribution in [0.4, 0.5) is 10.7 Å². The summed E-state index contributed by atoms with van der Waals surface area (Å²) in [7, 11) is 0. The summed E-state index contributed by atoms with van der Waals surface area (Å²) in [5.41, 5.74) is 2.43. The lowest BCUT2D eigenvalue weighted by molar-refractivity contribution is 0.0692. The maximum Gasteiger partial charge on any atom is 0.357 e. The minimum absolute atomic E-state index is 0.0588. The molecule has 6 heteroatoms. The van der Waals surface area contributed by atoms with Gasteiger partial charge in [-0.3, -0.25) is 0 Å². The molecule has 0 aliphatic heterocycles. The third-order valence-electron chi connectivity index (χ3n) is 1.87. The number of anilines is 2. The van der Waals surface area contributed by atoms with Gasteiger partial charge in [0.1, 0.15) is 5.00 Å². The van der Waals surface area contributed by atoms with E-state index in [0.717, 1.165) is 9.26 Å². The van der Waals surface area contributed by atoms with Crippen molar-refractivity contribution in [2.24, 2.45) is 0 Å². The highest BCUT2D eigenvalue weighted by Crippen LogP contribution is 2.25. The van der Waals surface area contributed by atoms with Crippen LogP contribution in [0.3, 0.4) is 0 Å². The molecule has 0 bridgehead atoms. The Morgan fingerprint density at radius 2 is 2.06 bits per heavy atom. The van der Waals surface area contributed by atoms with Crippen molar-refractivity contribution >= 4 is 50.6 Å². The molecule has 4 nitrogen and oxygen atoms in total. The maximum atomic E-state index is 10.8. The molecule has 0 aliphatic carbocycles. The predicted molar refractivity (Wildman–Crippen MR) is 71.5 cm³/mol. The standard InChI is InChI=1S/C10H7IN2O2S/c11-6-1-3-7(4-2-6)13-9-8(10(14)15)12-5-16-9/h1-5,13H,(H,14,15). The van der Waals surface area contributed by atoms with Gasteiger partial charge in [0, 0.05) is 9.26 Å². The van der Waals surface area contributed by atoms with Crippen LogP contribution in [-0.4, -0.2) is 16.1 Å². The predicted octanol–water partition coefficient (Wildman–Crippen LogP) is 3.19. The van der Waals surface area contributed by atoms with Gasteiger partial charge in [-0.2, -0.15) is 0 Å². The third kappa shape index (κ3) is 2.50. The normalized spacial score (nSPS) is 10.1. The largest absolute Gasteiger partial charge is 0.476 e. The Kier molecular flexibility index (Phi) is 3.39. The molecule has 2 aromatic rings. The van der Waals surface area contributed by atoms with Crippen molar-refractivity contribution in [3.63, 3.8) is 0 Å². The van der Waals surface area contributed by atoms with Crippen molar-refractivity contribution < 1.29 is 9.90 Å². The quantitative estimate of drug-likeness (QED) is 0.838. The minimum Gasteiger partial charge on any atom is -0.476 e. The summed E-state index contributed by atoms with van der Waals surface area (Å²) < 4.78 is 1.13. The monoisotopic (exact) mass is 346 g/mol. The van der Waals surface area contributed by atoms with Crippen LogP contribution >= 0.6 is 33.9 Å². The van der Waals surface area contributed by atoms with Gasteiger partial charge >= 0.3 is 5.97 Å². The molecule has 2 rings (SSSR count). The SMILES string of the molecule is O=C(O)c1ncsc1Nc1ccc(I)cc1. The summed E-state index contributed by atoms with van der Waals surface area (Å²) in [6, 6.07) is 7.69. The molecule has 1 aromatic carbocycles. The van der Waals surface area contributed by atoms with Crippen molar-refractivity contribution in [1.29, 1.82) is 0 Å². The molecule has 0 radical (unpaired) electrons. The highest BCUT2D eigenvalue weighted by Gasteiger charge is 2.13. The van der Waals surface area contributed by atoms with Crippen molar-refractivity contribution in [3.8, 4) is 0 Å². The number of nitrogens with one attached hydrogen (secondary N) is 1. The average Bonchev–Trinajstić information content (AvgIpc) is 2.69. The smallest absolute Gasteiger partial charge is 0.357 e. The third-order valence-corrected chi connectivity index (χ3v) is 3.33. The number of halogens is 1. The molecular weight excluding hydrogens is 339 g/mol.